The molecule has 2 unspecified atom stereocenters. The van der Waals surface area contributed by atoms with Gasteiger partial charge in [0.05, 0.1) is 36.8 Å². The van der Waals surface area contributed by atoms with Gasteiger partial charge >= 0.3 is 12.1 Å². The number of hydrogen-bond donors (Lipinski definition) is 0. The van der Waals surface area contributed by atoms with Gasteiger partial charge in [-0.25, -0.2) is 9.18 Å². The Hall–Kier alpha value is -3.19. The number of carbonyl (C=O) groups excluding carboxylic acids is 2. The van der Waals surface area contributed by atoms with Crippen molar-refractivity contribution in [1.29, 1.82) is 0 Å². The fourth-order valence-corrected chi connectivity index (χ4v) is 7.16. The van der Waals surface area contributed by atoms with Gasteiger partial charge in [0, 0.05) is 6.54 Å². The molecular formula is C27H32ClFN6O6. The highest BCUT2D eigenvalue weighted by Gasteiger charge is 2.54. The number of halogens is 2. The third kappa shape index (κ3) is 4.30. The number of pyridine rings is 1. The topological polar surface area (TPSA) is 119 Å². The molecule has 5 aliphatic rings. The third-order valence-electron chi connectivity index (χ3n) is 8.59. The number of fused-ring (bicyclic) bond motifs is 6. The highest BCUT2D eigenvalue weighted by molar-refractivity contribution is 6.30. The second-order valence-corrected chi connectivity index (χ2v) is 12.8. The molecule has 2 bridgehead atoms. The number of piperazine rings is 1. The van der Waals surface area contributed by atoms with Crippen molar-refractivity contribution in [3.63, 3.8) is 0 Å². The van der Waals surface area contributed by atoms with E-state index in [9.17, 15) is 9.59 Å². The molecule has 0 spiro atoms. The van der Waals surface area contributed by atoms with Crippen LogP contribution in [0.25, 0.3) is 10.9 Å². The van der Waals surface area contributed by atoms with Gasteiger partial charge in [0.15, 0.2) is 11.0 Å². The summed E-state index contributed by atoms with van der Waals surface area (Å²) >= 11 is 6.19. The van der Waals surface area contributed by atoms with Crippen LogP contribution in [0.3, 0.4) is 0 Å². The van der Waals surface area contributed by atoms with Crippen LogP contribution < -0.4 is 14.4 Å². The lowest BCUT2D eigenvalue weighted by Crippen LogP contribution is -2.65. The zero-order valence-corrected chi connectivity index (χ0v) is 24.1. The van der Waals surface area contributed by atoms with E-state index in [1.54, 1.807) is 4.90 Å². The zero-order chi connectivity index (χ0) is 28.8. The Bertz CT molecular complexity index is 1440. The predicted octanol–water partition coefficient (Wildman–Crippen LogP) is 2.93. The number of hydrogen-bond acceptors (Lipinski definition) is 10. The molecule has 220 valence electrons. The minimum atomic E-state index is -0.795. The van der Waals surface area contributed by atoms with Crippen molar-refractivity contribution in [2.75, 3.05) is 31.3 Å². The summed E-state index contributed by atoms with van der Waals surface area (Å²) in [5.41, 5.74) is -0.686. The van der Waals surface area contributed by atoms with Crippen molar-refractivity contribution in [3.05, 3.63) is 11.0 Å². The average Bonchev–Trinajstić information content (AvgIpc) is 3.13. The highest BCUT2D eigenvalue weighted by atomic mass is 35.5. The van der Waals surface area contributed by atoms with Crippen LogP contribution in [0.15, 0.2) is 0 Å². The lowest BCUT2D eigenvalue weighted by molar-refractivity contribution is -0.168. The summed E-state index contributed by atoms with van der Waals surface area (Å²) in [6.07, 6.45) is 1.48. The smallest absolute Gasteiger partial charge is 0.410 e. The summed E-state index contributed by atoms with van der Waals surface area (Å²) in [4.78, 5) is 44.6. The van der Waals surface area contributed by atoms with Crippen molar-refractivity contribution < 1.29 is 32.9 Å². The normalized spacial score (nSPS) is 30.3. The maximum atomic E-state index is 15.4. The first kappa shape index (κ1) is 26.7. The number of amides is 2. The Balaban J connectivity index is 1.25. The molecule has 0 aromatic carbocycles. The molecule has 12 nitrogen and oxygen atoms in total. The van der Waals surface area contributed by atoms with Gasteiger partial charge in [0.25, 0.3) is 0 Å². The summed E-state index contributed by atoms with van der Waals surface area (Å²) in [6.45, 7) is 8.61. The van der Waals surface area contributed by atoms with Gasteiger partial charge in [-0.2, -0.15) is 15.0 Å². The Morgan fingerprint density at radius 3 is 2.76 bits per heavy atom. The van der Waals surface area contributed by atoms with Gasteiger partial charge in [-0.3, -0.25) is 9.69 Å². The highest BCUT2D eigenvalue weighted by Crippen LogP contribution is 2.46. The molecule has 14 heteroatoms. The number of ether oxygens (including phenoxy) is 4. The second kappa shape index (κ2) is 9.41. The van der Waals surface area contributed by atoms with E-state index >= 15 is 4.39 Å². The molecule has 4 saturated heterocycles. The Labute approximate surface area is 241 Å². The molecule has 0 N–H and O–H groups in total. The fraction of sp³-hybridized carbons (Fsp3) is 0.667. The minimum Gasteiger partial charge on any atom is -0.472 e. The Morgan fingerprint density at radius 2 is 2.00 bits per heavy atom. The SMILES string of the molecule is C[C@@H]1Oc2nc(Cl)c(F)c3nc(OCC4CC5COCC(=O)N54)nc(c23)N2C[C@H]3CC[C@@H]([C@@H]12)N3C(=O)OC(C)(C)C. The number of morpholine rings is 1. The van der Waals surface area contributed by atoms with Crippen molar-refractivity contribution >= 4 is 40.3 Å². The van der Waals surface area contributed by atoms with Crippen molar-refractivity contribution in [2.24, 2.45) is 0 Å². The quantitative estimate of drug-likeness (QED) is 0.494. The largest absolute Gasteiger partial charge is 0.472 e. The zero-order valence-electron chi connectivity index (χ0n) is 23.3. The van der Waals surface area contributed by atoms with Crippen LogP contribution in [-0.4, -0.2) is 105 Å². The third-order valence-corrected chi connectivity index (χ3v) is 8.84. The lowest BCUT2D eigenvalue weighted by atomic mass is 9.92. The summed E-state index contributed by atoms with van der Waals surface area (Å²) in [7, 11) is 0. The molecule has 0 aliphatic carbocycles. The molecule has 2 aromatic heterocycles. The molecule has 5 aliphatic heterocycles. The molecule has 6 atom stereocenters. The predicted molar refractivity (Wildman–Crippen MR) is 144 cm³/mol. The monoisotopic (exact) mass is 590 g/mol. The molecule has 2 amide bonds. The molecule has 2 aromatic rings. The number of nitrogens with zero attached hydrogens (tertiary/aromatic N) is 6. The van der Waals surface area contributed by atoms with Crippen LogP contribution >= 0.6 is 11.6 Å². The van der Waals surface area contributed by atoms with Gasteiger partial charge in [0.2, 0.25) is 11.8 Å². The van der Waals surface area contributed by atoms with Crippen LogP contribution in [0.1, 0.15) is 47.0 Å². The van der Waals surface area contributed by atoms with Gasteiger partial charge in [-0.1, -0.05) is 11.6 Å². The molecule has 41 heavy (non-hydrogen) atoms. The average molecular weight is 591 g/mol. The first-order valence-corrected chi connectivity index (χ1v) is 14.4. The molecule has 0 saturated carbocycles. The molecule has 7 rings (SSSR count). The van der Waals surface area contributed by atoms with Crippen molar-refractivity contribution in [1.82, 2.24) is 24.8 Å². The minimum absolute atomic E-state index is 0.0287. The van der Waals surface area contributed by atoms with Crippen LogP contribution in [0, 0.1) is 5.82 Å². The van der Waals surface area contributed by atoms with Crippen molar-refractivity contribution in [2.45, 2.75) is 88.9 Å². The number of aromatic nitrogens is 3. The lowest BCUT2D eigenvalue weighted by Gasteiger charge is -2.50. The van der Waals surface area contributed by atoms with E-state index in [2.05, 4.69) is 14.9 Å². The number of rotatable bonds is 3. The number of carbonyl (C=O) groups is 2. The van der Waals surface area contributed by atoms with E-state index < -0.39 is 17.5 Å². The van der Waals surface area contributed by atoms with E-state index in [0.29, 0.717) is 24.4 Å². The van der Waals surface area contributed by atoms with Crippen LogP contribution in [0.4, 0.5) is 15.0 Å². The van der Waals surface area contributed by atoms with Gasteiger partial charge < -0.3 is 28.7 Å². The molecule has 0 radical (unpaired) electrons. The Kier molecular flexibility index (Phi) is 6.13. The van der Waals surface area contributed by atoms with Gasteiger partial charge in [-0.15, -0.1) is 0 Å². The first-order valence-electron chi connectivity index (χ1n) is 14.0. The first-order chi connectivity index (χ1) is 19.5. The van der Waals surface area contributed by atoms with E-state index in [4.69, 9.17) is 35.5 Å². The van der Waals surface area contributed by atoms with E-state index in [0.717, 1.165) is 19.3 Å². The summed E-state index contributed by atoms with van der Waals surface area (Å²) < 4.78 is 38.8. The summed E-state index contributed by atoms with van der Waals surface area (Å²) in [5.74, 6) is -0.314. The number of anilines is 1. The maximum Gasteiger partial charge on any atom is 0.410 e. The molecule has 7 heterocycles. The van der Waals surface area contributed by atoms with Gasteiger partial charge in [0.1, 0.15) is 41.6 Å². The van der Waals surface area contributed by atoms with E-state index in [1.165, 1.54) is 0 Å². The molecular weight excluding hydrogens is 559 g/mol. The fourth-order valence-electron chi connectivity index (χ4n) is 6.99. The standard InChI is InChI=1S/C27H32ClFN6O6/c1-12-21-16-6-5-13(35(16)26(37)41-27(2,3)4)8-33(21)23-18-20(19(29)22(28)31-24(18)40-12)30-25(32-23)39-10-15-7-14-9-38-11-17(36)34(14)15/h12-16,21H,5-11H2,1-4H3/t12-,13+,14?,15?,16-,21+/m0/s1. The maximum absolute atomic E-state index is 15.4. The van der Waals surface area contributed by atoms with Crippen LogP contribution in [-0.2, 0) is 14.3 Å². The van der Waals surface area contributed by atoms with E-state index in [1.807, 2.05) is 32.6 Å². The van der Waals surface area contributed by atoms with E-state index in [-0.39, 0.29) is 78.0 Å². The van der Waals surface area contributed by atoms with Gasteiger partial charge in [-0.05, 0) is 47.0 Å². The Morgan fingerprint density at radius 1 is 1.20 bits per heavy atom. The van der Waals surface area contributed by atoms with Crippen molar-refractivity contribution in [3.8, 4) is 11.9 Å². The summed E-state index contributed by atoms with van der Waals surface area (Å²) in [5, 5.41) is -0.0568. The second-order valence-electron chi connectivity index (χ2n) is 12.4. The molecule has 4 fully saturated rings. The van der Waals surface area contributed by atoms with Crippen LogP contribution in [0.5, 0.6) is 11.9 Å². The van der Waals surface area contributed by atoms with Crippen LogP contribution in [0.2, 0.25) is 5.15 Å². The summed E-state index contributed by atoms with van der Waals surface area (Å²) in [6, 6.07) is -0.783.